The highest BCUT2D eigenvalue weighted by Crippen LogP contribution is 2.13. The molecule has 0 fully saturated rings. The predicted molar refractivity (Wildman–Crippen MR) is 64.8 cm³/mol. The number of carbonyl (C=O) groups excluding carboxylic acids is 1. The number of anilines is 1. The Bertz CT molecular complexity index is 412. The average molecular weight is 257 g/mol. The molecule has 0 saturated heterocycles. The third kappa shape index (κ3) is 4.49. The number of pyridine rings is 1. The molecular formula is C10H15N3O3S. The Morgan fingerprint density at radius 2 is 2.41 bits per heavy atom. The van der Waals surface area contributed by atoms with Crippen molar-refractivity contribution in [3.05, 3.63) is 18.5 Å². The second-order valence-corrected chi connectivity index (χ2v) is 4.67. The smallest absolute Gasteiger partial charge is 0.233 e. The molecular weight excluding hydrogens is 242 g/mol. The minimum atomic E-state index is -1.45. The summed E-state index contributed by atoms with van der Waals surface area (Å²) in [6.07, 6.45) is 2.91. The largest absolute Gasteiger partial charge is 0.396 e. The molecule has 0 saturated carbocycles. The second kappa shape index (κ2) is 6.97. The van der Waals surface area contributed by atoms with Crippen molar-refractivity contribution in [1.82, 2.24) is 10.3 Å². The molecule has 0 radical (unpaired) electrons. The van der Waals surface area contributed by atoms with E-state index in [1.54, 1.807) is 13.2 Å². The Morgan fingerprint density at radius 3 is 3.06 bits per heavy atom. The Balaban J connectivity index is 2.49. The summed E-state index contributed by atoms with van der Waals surface area (Å²) in [6, 6.07) is 1.55. The van der Waals surface area contributed by atoms with Gasteiger partial charge in [-0.2, -0.15) is 0 Å². The van der Waals surface area contributed by atoms with Crippen LogP contribution < -0.4 is 11.1 Å². The molecule has 17 heavy (non-hydrogen) atoms. The van der Waals surface area contributed by atoms with E-state index in [1.165, 1.54) is 12.4 Å². The molecule has 1 unspecified atom stereocenters. The van der Waals surface area contributed by atoms with E-state index in [-0.39, 0.29) is 11.7 Å². The van der Waals surface area contributed by atoms with E-state index >= 15 is 0 Å². The first-order chi connectivity index (χ1) is 8.15. The molecule has 0 aromatic carbocycles. The summed E-state index contributed by atoms with van der Waals surface area (Å²) >= 11 is 0. The van der Waals surface area contributed by atoms with Crippen LogP contribution in [0.25, 0.3) is 0 Å². The van der Waals surface area contributed by atoms with Gasteiger partial charge < -0.3 is 15.8 Å². The molecule has 7 heteroatoms. The van der Waals surface area contributed by atoms with Gasteiger partial charge in [-0.25, -0.2) is 0 Å². The summed E-state index contributed by atoms with van der Waals surface area (Å²) < 4.78 is 16.6. The fourth-order valence-electron chi connectivity index (χ4n) is 1.14. The average Bonchev–Trinajstić information content (AvgIpc) is 2.29. The molecule has 0 bridgehead atoms. The summed E-state index contributed by atoms with van der Waals surface area (Å²) in [6.45, 7) is 0.828. The summed E-state index contributed by atoms with van der Waals surface area (Å²) in [7, 11) is 0.0953. The third-order valence-corrected chi connectivity index (χ3v) is 3.33. The highest BCUT2D eigenvalue weighted by molar-refractivity contribution is 7.86. The van der Waals surface area contributed by atoms with Gasteiger partial charge in [0.25, 0.3) is 0 Å². The van der Waals surface area contributed by atoms with Gasteiger partial charge in [0, 0.05) is 19.9 Å². The third-order valence-electron chi connectivity index (χ3n) is 1.95. The summed E-state index contributed by atoms with van der Waals surface area (Å²) in [4.78, 5) is 15.6. The van der Waals surface area contributed by atoms with E-state index in [1.807, 2.05) is 0 Å². The van der Waals surface area contributed by atoms with Gasteiger partial charge in [0.2, 0.25) is 5.91 Å². The number of nitrogens with two attached hydrogens (primary N) is 1. The zero-order valence-electron chi connectivity index (χ0n) is 9.51. The fourth-order valence-corrected chi connectivity index (χ4v) is 2.17. The molecule has 0 aliphatic rings. The molecule has 0 aliphatic carbocycles. The van der Waals surface area contributed by atoms with Crippen molar-refractivity contribution < 1.29 is 13.7 Å². The number of amides is 1. The molecule has 0 aliphatic heterocycles. The number of ether oxygens (including phenoxy) is 1. The number of methoxy groups -OCH3 is 1. The molecule has 6 nitrogen and oxygen atoms in total. The Labute approximate surface area is 102 Å². The number of hydrogen-bond acceptors (Lipinski definition) is 5. The summed E-state index contributed by atoms with van der Waals surface area (Å²) in [5, 5.41) is 2.59. The molecule has 0 spiro atoms. The van der Waals surface area contributed by atoms with Crippen LogP contribution in [0, 0.1) is 0 Å². The maximum atomic E-state index is 11.8. The van der Waals surface area contributed by atoms with Gasteiger partial charge in [-0.05, 0) is 6.07 Å². The number of nitrogens with one attached hydrogen (secondary N) is 1. The number of rotatable bonds is 6. The van der Waals surface area contributed by atoms with Crippen LogP contribution in [0.5, 0.6) is 0 Å². The lowest BCUT2D eigenvalue weighted by Gasteiger charge is -2.06. The van der Waals surface area contributed by atoms with Gasteiger partial charge in [0.15, 0.2) is 0 Å². The Kier molecular flexibility index (Phi) is 5.58. The maximum absolute atomic E-state index is 11.8. The molecule has 1 aromatic rings. The molecule has 3 N–H and O–H groups in total. The molecule has 94 valence electrons. The number of nitrogens with zero attached hydrogens (tertiary/aromatic N) is 1. The second-order valence-electron chi connectivity index (χ2n) is 3.25. The lowest BCUT2D eigenvalue weighted by atomic mass is 10.4. The zero-order valence-corrected chi connectivity index (χ0v) is 10.3. The van der Waals surface area contributed by atoms with Crippen molar-refractivity contribution in [2.24, 2.45) is 0 Å². The van der Waals surface area contributed by atoms with Crippen molar-refractivity contribution >= 4 is 22.4 Å². The number of nitrogen functional groups attached to an aromatic ring is 1. The highest BCUT2D eigenvalue weighted by Gasteiger charge is 2.12. The summed E-state index contributed by atoms with van der Waals surface area (Å²) in [5.41, 5.74) is 5.94. The molecule has 1 amide bonds. The first kappa shape index (κ1) is 13.6. The molecule has 1 atom stereocenters. The molecule has 1 rings (SSSR count). The SMILES string of the molecule is COCCNC(=O)CS(=O)c1ccncc1N. The standard InChI is InChI=1S/C10H15N3O3S/c1-16-5-4-13-10(14)7-17(15)9-2-3-12-6-8(9)11/h2-3,6H,4-5,7,11H2,1H3,(H,13,14). The van der Waals surface area contributed by atoms with Crippen LogP contribution in [0.15, 0.2) is 23.4 Å². The van der Waals surface area contributed by atoms with Crippen molar-refractivity contribution in [2.45, 2.75) is 4.90 Å². The molecule has 1 heterocycles. The van der Waals surface area contributed by atoms with Gasteiger partial charge in [0.05, 0.1) is 34.2 Å². The van der Waals surface area contributed by atoms with Crippen molar-refractivity contribution in [3.63, 3.8) is 0 Å². The van der Waals surface area contributed by atoms with Crippen LogP contribution in [0.2, 0.25) is 0 Å². The molecule has 1 aromatic heterocycles. The van der Waals surface area contributed by atoms with Crippen molar-refractivity contribution in [3.8, 4) is 0 Å². The van der Waals surface area contributed by atoms with Crippen LogP contribution in [-0.4, -0.2) is 41.1 Å². The minimum Gasteiger partial charge on any atom is -0.396 e. The topological polar surface area (TPSA) is 94.3 Å². The van der Waals surface area contributed by atoms with Crippen LogP contribution in [-0.2, 0) is 20.3 Å². The van der Waals surface area contributed by atoms with Crippen LogP contribution in [0.1, 0.15) is 0 Å². The monoisotopic (exact) mass is 257 g/mol. The first-order valence-electron chi connectivity index (χ1n) is 4.98. The Morgan fingerprint density at radius 1 is 1.65 bits per heavy atom. The quantitative estimate of drug-likeness (QED) is 0.672. The lowest BCUT2D eigenvalue weighted by Crippen LogP contribution is -2.31. The van der Waals surface area contributed by atoms with E-state index in [0.717, 1.165) is 0 Å². The zero-order chi connectivity index (χ0) is 12.7. The van der Waals surface area contributed by atoms with Gasteiger partial charge in [0.1, 0.15) is 5.75 Å². The highest BCUT2D eigenvalue weighted by atomic mass is 32.2. The van der Waals surface area contributed by atoms with Gasteiger partial charge in [-0.3, -0.25) is 14.0 Å². The first-order valence-corrected chi connectivity index (χ1v) is 6.30. The minimum absolute atomic E-state index is 0.113. The predicted octanol–water partition coefficient (Wildman–Crippen LogP) is -0.466. The fraction of sp³-hybridized carbons (Fsp3) is 0.400. The maximum Gasteiger partial charge on any atom is 0.233 e. The number of aromatic nitrogens is 1. The van der Waals surface area contributed by atoms with E-state index in [2.05, 4.69) is 10.3 Å². The van der Waals surface area contributed by atoms with E-state index in [0.29, 0.717) is 23.7 Å². The van der Waals surface area contributed by atoms with Crippen molar-refractivity contribution in [1.29, 1.82) is 0 Å². The number of carbonyl (C=O) groups is 1. The van der Waals surface area contributed by atoms with E-state index in [4.69, 9.17) is 10.5 Å². The lowest BCUT2D eigenvalue weighted by molar-refractivity contribution is -0.118. The Hall–Kier alpha value is -1.47. The van der Waals surface area contributed by atoms with Crippen molar-refractivity contribution in [2.75, 3.05) is 31.7 Å². The van der Waals surface area contributed by atoms with Crippen LogP contribution >= 0.6 is 0 Å². The summed E-state index contributed by atoms with van der Waals surface area (Å²) in [5.74, 6) is -0.408. The van der Waals surface area contributed by atoms with E-state index in [9.17, 15) is 9.00 Å². The number of hydrogen-bond donors (Lipinski definition) is 2. The van der Waals surface area contributed by atoms with E-state index < -0.39 is 10.8 Å². The van der Waals surface area contributed by atoms with Gasteiger partial charge in [-0.15, -0.1) is 0 Å². The normalized spacial score (nSPS) is 12.1. The van der Waals surface area contributed by atoms with Gasteiger partial charge >= 0.3 is 0 Å². The van der Waals surface area contributed by atoms with Gasteiger partial charge in [-0.1, -0.05) is 0 Å². The van der Waals surface area contributed by atoms with Crippen LogP contribution in [0.4, 0.5) is 5.69 Å². The van der Waals surface area contributed by atoms with Crippen LogP contribution in [0.3, 0.4) is 0 Å².